The molecular weight excluding hydrogens is 518 g/mol. The highest BCUT2D eigenvalue weighted by atomic mass is 35.5. The Morgan fingerprint density at radius 1 is 0.949 bits per heavy atom. The number of nitrogens with zero attached hydrogens (tertiary/aromatic N) is 1. The molecule has 0 spiro atoms. The lowest BCUT2D eigenvalue weighted by molar-refractivity contribution is -0.120. The predicted octanol–water partition coefficient (Wildman–Crippen LogP) is 5.95. The number of ether oxygens (including phenoxy) is 1. The molecule has 0 saturated carbocycles. The van der Waals surface area contributed by atoms with E-state index < -0.39 is 23.7 Å². The van der Waals surface area contributed by atoms with E-state index in [4.69, 9.17) is 16.3 Å². The Kier molecular flexibility index (Phi) is 8.46. The summed E-state index contributed by atoms with van der Waals surface area (Å²) in [6.45, 7) is 6.01. The Morgan fingerprint density at radius 3 is 2.46 bits per heavy atom. The number of nitrogens with one attached hydrogen (secondary N) is 2. The van der Waals surface area contributed by atoms with Crippen molar-refractivity contribution >= 4 is 52.4 Å². The van der Waals surface area contributed by atoms with E-state index >= 15 is 0 Å². The molecule has 3 aromatic rings. The molecule has 0 atom stereocenters. The molecule has 0 aromatic heterocycles. The van der Waals surface area contributed by atoms with Crippen molar-refractivity contribution in [1.29, 1.82) is 0 Å². The summed E-state index contributed by atoms with van der Waals surface area (Å²) >= 11 is 6.29. The fourth-order valence-electron chi connectivity index (χ4n) is 4.04. The number of rotatable bonds is 9. The molecule has 9 heteroatoms. The maximum Gasteiger partial charge on any atom is 0.340 e. The van der Waals surface area contributed by atoms with Crippen molar-refractivity contribution in [2.24, 2.45) is 0 Å². The van der Waals surface area contributed by atoms with E-state index in [9.17, 15) is 19.2 Å². The third kappa shape index (κ3) is 5.86. The second-order valence-electron chi connectivity index (χ2n) is 9.05. The monoisotopic (exact) mass is 545 g/mol. The number of carbonyl (C=O) groups is 4. The minimum absolute atomic E-state index is 0.0831. The van der Waals surface area contributed by atoms with Crippen LogP contribution >= 0.6 is 11.6 Å². The Labute approximate surface area is 231 Å². The molecule has 0 saturated heterocycles. The number of carbonyl (C=O) groups excluding carboxylic acids is 4. The first-order chi connectivity index (χ1) is 18.7. The quantitative estimate of drug-likeness (QED) is 0.196. The molecule has 0 radical (unpaired) electrons. The number of imide groups is 1. The van der Waals surface area contributed by atoms with Crippen LogP contribution in [0.4, 0.5) is 17.1 Å². The van der Waals surface area contributed by atoms with Gasteiger partial charge in [0.2, 0.25) is 0 Å². The Hall–Kier alpha value is -4.43. The molecule has 0 unspecified atom stereocenters. The number of benzene rings is 3. The van der Waals surface area contributed by atoms with Crippen molar-refractivity contribution in [3.8, 4) is 0 Å². The fourth-order valence-corrected chi connectivity index (χ4v) is 4.25. The van der Waals surface area contributed by atoms with Crippen LogP contribution < -0.4 is 15.5 Å². The Balaban J connectivity index is 1.52. The number of hydrogen-bond acceptors (Lipinski definition) is 6. The highest BCUT2D eigenvalue weighted by Gasteiger charge is 2.39. The van der Waals surface area contributed by atoms with Crippen molar-refractivity contribution in [1.82, 2.24) is 0 Å². The number of para-hydroxylation sites is 1. The summed E-state index contributed by atoms with van der Waals surface area (Å²) in [7, 11) is 0. The number of unbranched alkanes of at least 4 members (excludes halogenated alkanes) is 1. The second kappa shape index (κ2) is 12.0. The highest BCUT2D eigenvalue weighted by molar-refractivity contribution is 6.53. The van der Waals surface area contributed by atoms with Crippen LogP contribution in [0, 0.1) is 13.8 Å². The third-order valence-electron chi connectivity index (χ3n) is 6.36. The van der Waals surface area contributed by atoms with Crippen LogP contribution in [0.5, 0.6) is 0 Å². The van der Waals surface area contributed by atoms with E-state index in [-0.39, 0.29) is 21.9 Å². The Bertz CT molecular complexity index is 1500. The lowest BCUT2D eigenvalue weighted by atomic mass is 10.1. The van der Waals surface area contributed by atoms with Crippen molar-refractivity contribution in [2.75, 3.05) is 22.1 Å². The summed E-state index contributed by atoms with van der Waals surface area (Å²) in [5.41, 5.74) is 3.29. The van der Waals surface area contributed by atoms with Crippen molar-refractivity contribution in [3.63, 3.8) is 0 Å². The Morgan fingerprint density at radius 2 is 1.69 bits per heavy atom. The van der Waals surface area contributed by atoms with Gasteiger partial charge >= 0.3 is 5.97 Å². The molecule has 3 amide bonds. The molecule has 0 bridgehead atoms. The first-order valence-corrected chi connectivity index (χ1v) is 12.9. The van der Waals surface area contributed by atoms with Gasteiger partial charge < -0.3 is 15.4 Å². The average Bonchev–Trinajstić information content (AvgIpc) is 3.13. The minimum atomic E-state index is -0.630. The van der Waals surface area contributed by atoms with Crippen LogP contribution in [-0.4, -0.2) is 30.3 Å². The molecule has 3 aromatic carbocycles. The normalized spacial score (nSPS) is 13.1. The van der Waals surface area contributed by atoms with E-state index in [2.05, 4.69) is 10.6 Å². The van der Waals surface area contributed by atoms with Gasteiger partial charge in [0, 0.05) is 11.3 Å². The zero-order valence-electron chi connectivity index (χ0n) is 21.8. The third-order valence-corrected chi connectivity index (χ3v) is 6.72. The molecule has 1 aliphatic heterocycles. The maximum atomic E-state index is 13.2. The average molecular weight is 546 g/mol. The highest BCUT2D eigenvalue weighted by Crippen LogP contribution is 2.33. The zero-order chi connectivity index (χ0) is 28.1. The molecule has 8 nitrogen and oxygen atoms in total. The van der Waals surface area contributed by atoms with E-state index in [0.29, 0.717) is 23.7 Å². The lowest BCUT2D eigenvalue weighted by Gasteiger charge is -2.18. The molecule has 2 N–H and O–H groups in total. The number of esters is 1. The summed E-state index contributed by atoms with van der Waals surface area (Å²) in [6.07, 6.45) is 1.64. The SMILES string of the molecule is CCCCOC(=O)c1ccccc1NC(=O)c1cccc(NC2=C(Cl)C(=O)N(c3cccc(C)c3C)C2=O)c1. The fraction of sp³-hybridized carbons (Fsp3) is 0.200. The van der Waals surface area contributed by atoms with Crippen molar-refractivity contribution < 1.29 is 23.9 Å². The minimum Gasteiger partial charge on any atom is -0.462 e. The predicted molar refractivity (Wildman–Crippen MR) is 151 cm³/mol. The standard InChI is InChI=1S/C30H28ClN3O5/c1-4-5-16-39-30(38)22-13-6-7-14-23(22)33-27(35)20-11-9-12-21(17-20)32-26-25(31)28(36)34(29(26)37)24-15-8-10-18(2)19(24)3/h6-15,17,32H,4-5,16H2,1-3H3,(H,33,35). The van der Waals surface area contributed by atoms with Crippen LogP contribution in [0.15, 0.2) is 77.5 Å². The van der Waals surface area contributed by atoms with Gasteiger partial charge in [0.1, 0.15) is 10.7 Å². The van der Waals surface area contributed by atoms with Gasteiger partial charge in [-0.1, -0.05) is 55.3 Å². The van der Waals surface area contributed by atoms with Gasteiger partial charge in [-0.3, -0.25) is 14.4 Å². The lowest BCUT2D eigenvalue weighted by Crippen LogP contribution is -2.33. The molecule has 39 heavy (non-hydrogen) atoms. The van der Waals surface area contributed by atoms with E-state index in [1.165, 1.54) is 6.07 Å². The van der Waals surface area contributed by atoms with E-state index in [0.717, 1.165) is 28.9 Å². The van der Waals surface area contributed by atoms with Gasteiger partial charge in [-0.25, -0.2) is 9.69 Å². The summed E-state index contributed by atoms with van der Waals surface area (Å²) in [5, 5.41) is 5.41. The van der Waals surface area contributed by atoms with Gasteiger partial charge in [-0.2, -0.15) is 0 Å². The molecule has 1 heterocycles. The van der Waals surface area contributed by atoms with Crippen LogP contribution in [0.2, 0.25) is 0 Å². The topological polar surface area (TPSA) is 105 Å². The molecule has 1 aliphatic rings. The van der Waals surface area contributed by atoms with Crippen molar-refractivity contribution in [2.45, 2.75) is 33.6 Å². The van der Waals surface area contributed by atoms with Crippen LogP contribution in [0.3, 0.4) is 0 Å². The molecule has 0 fully saturated rings. The number of aryl methyl sites for hydroxylation is 1. The van der Waals surface area contributed by atoms with Gasteiger partial charge in [0.05, 0.1) is 23.5 Å². The largest absolute Gasteiger partial charge is 0.462 e. The van der Waals surface area contributed by atoms with Crippen LogP contribution in [0.1, 0.15) is 51.6 Å². The maximum absolute atomic E-state index is 13.2. The van der Waals surface area contributed by atoms with Gasteiger partial charge in [0.25, 0.3) is 17.7 Å². The number of halogens is 1. The number of hydrogen-bond donors (Lipinski definition) is 2. The van der Waals surface area contributed by atoms with E-state index in [1.807, 2.05) is 26.8 Å². The van der Waals surface area contributed by atoms with Gasteiger partial charge in [0.15, 0.2) is 0 Å². The van der Waals surface area contributed by atoms with E-state index in [1.54, 1.807) is 54.6 Å². The molecule has 0 aliphatic carbocycles. The molecule has 4 rings (SSSR count). The van der Waals surface area contributed by atoms with Crippen LogP contribution in [0.25, 0.3) is 0 Å². The summed E-state index contributed by atoms with van der Waals surface area (Å²) in [6, 6.07) is 18.3. The smallest absolute Gasteiger partial charge is 0.340 e. The molecular formula is C30H28ClN3O5. The second-order valence-corrected chi connectivity index (χ2v) is 9.43. The van der Waals surface area contributed by atoms with Crippen molar-refractivity contribution in [3.05, 3.63) is 99.7 Å². The summed E-state index contributed by atoms with van der Waals surface area (Å²) in [5.74, 6) is -2.22. The van der Waals surface area contributed by atoms with Gasteiger partial charge in [-0.15, -0.1) is 0 Å². The van der Waals surface area contributed by atoms with Gasteiger partial charge in [-0.05, 0) is 67.8 Å². The summed E-state index contributed by atoms with van der Waals surface area (Å²) < 4.78 is 5.29. The number of amides is 3. The van der Waals surface area contributed by atoms with Crippen LogP contribution in [-0.2, 0) is 14.3 Å². The summed E-state index contributed by atoms with van der Waals surface area (Å²) in [4.78, 5) is 52.7. The zero-order valence-corrected chi connectivity index (χ0v) is 22.6. The first-order valence-electron chi connectivity index (χ1n) is 12.5. The number of anilines is 3. The molecule has 200 valence electrons. The first kappa shape index (κ1) is 27.6.